The average molecular weight is 444 g/mol. The predicted molar refractivity (Wildman–Crippen MR) is 102 cm³/mol. The molecule has 10 heteroatoms. The molecule has 1 amide bonds. The Morgan fingerprint density at radius 1 is 1.23 bits per heavy atom. The van der Waals surface area contributed by atoms with Crippen LogP contribution < -0.4 is 14.4 Å². The number of benzene rings is 2. The highest BCUT2D eigenvalue weighted by atomic mass is 35.5. The van der Waals surface area contributed by atoms with Crippen LogP contribution in [0.2, 0.25) is 5.02 Å². The number of fused-ring (bicyclic) bond motifs is 1. The fourth-order valence-electron chi connectivity index (χ4n) is 3.13. The van der Waals surface area contributed by atoms with Gasteiger partial charge in [0.2, 0.25) is 0 Å². The largest absolute Gasteiger partial charge is 0.478 e. The average Bonchev–Trinajstić information content (AvgIpc) is 2.68. The zero-order valence-corrected chi connectivity index (χ0v) is 16.7. The summed E-state index contributed by atoms with van der Waals surface area (Å²) in [6.07, 6.45) is -4.65. The summed E-state index contributed by atoms with van der Waals surface area (Å²) in [4.78, 5) is 25.8. The Kier molecular flexibility index (Phi) is 5.60. The fourth-order valence-corrected chi connectivity index (χ4v) is 3.35. The van der Waals surface area contributed by atoms with Crippen LogP contribution in [0.3, 0.4) is 0 Å². The molecule has 0 saturated carbocycles. The number of ether oxygens (including phenoxy) is 2. The summed E-state index contributed by atoms with van der Waals surface area (Å²) >= 11 is 5.92. The summed E-state index contributed by atoms with van der Waals surface area (Å²) in [5, 5.41) is 9.37. The number of alkyl halides is 3. The van der Waals surface area contributed by atoms with Crippen molar-refractivity contribution in [2.24, 2.45) is 0 Å². The third-order valence-corrected chi connectivity index (χ3v) is 5.04. The van der Waals surface area contributed by atoms with E-state index >= 15 is 0 Å². The Hall–Kier alpha value is -2.94. The molecule has 2 aromatic carbocycles. The molecule has 1 unspecified atom stereocenters. The van der Waals surface area contributed by atoms with Crippen molar-refractivity contribution in [3.05, 3.63) is 47.0 Å². The summed E-state index contributed by atoms with van der Waals surface area (Å²) in [5.41, 5.74) is -2.63. The highest BCUT2D eigenvalue weighted by Gasteiger charge is 2.53. The van der Waals surface area contributed by atoms with Crippen molar-refractivity contribution < 1.29 is 37.3 Å². The molecule has 0 bridgehead atoms. The van der Waals surface area contributed by atoms with Gasteiger partial charge < -0.3 is 19.5 Å². The summed E-state index contributed by atoms with van der Waals surface area (Å²) in [6.45, 7) is 3.43. The van der Waals surface area contributed by atoms with Crippen LogP contribution in [0.4, 0.5) is 18.9 Å². The zero-order valence-electron chi connectivity index (χ0n) is 15.9. The van der Waals surface area contributed by atoms with E-state index in [4.69, 9.17) is 21.1 Å². The van der Waals surface area contributed by atoms with Gasteiger partial charge in [0.25, 0.3) is 11.5 Å². The monoisotopic (exact) mass is 443 g/mol. The second-order valence-electron chi connectivity index (χ2n) is 6.51. The minimum absolute atomic E-state index is 0.0242. The molecule has 0 fully saturated rings. The quantitative estimate of drug-likeness (QED) is 0.648. The molecule has 2 aromatic rings. The highest BCUT2D eigenvalue weighted by molar-refractivity contribution is 6.32. The molecule has 1 heterocycles. The SMILES string of the molecule is CCN1C(=O)C(CC)(C(=O)O)Oc2cc(Oc3ccc(C(F)(F)F)cc3Cl)ccc21. The number of carboxylic acids is 1. The van der Waals surface area contributed by atoms with Gasteiger partial charge in [-0.25, -0.2) is 4.79 Å². The number of likely N-dealkylation sites (N-methyl/N-ethyl adjacent to an activating group) is 1. The first kappa shape index (κ1) is 21.8. The molecule has 1 aliphatic heterocycles. The number of hydrogen-bond acceptors (Lipinski definition) is 4. The lowest BCUT2D eigenvalue weighted by Crippen LogP contribution is -2.60. The minimum Gasteiger partial charge on any atom is -0.478 e. The van der Waals surface area contributed by atoms with E-state index in [1.54, 1.807) is 6.92 Å². The number of aliphatic carboxylic acids is 1. The van der Waals surface area contributed by atoms with Crippen LogP contribution in [-0.4, -0.2) is 29.1 Å². The molecule has 0 aromatic heterocycles. The van der Waals surface area contributed by atoms with Gasteiger partial charge in [-0.3, -0.25) is 4.79 Å². The van der Waals surface area contributed by atoms with Gasteiger partial charge in [-0.15, -0.1) is 0 Å². The van der Waals surface area contributed by atoms with Crippen molar-refractivity contribution in [3.8, 4) is 17.2 Å². The first-order chi connectivity index (χ1) is 14.0. The number of carboxylic acid groups (broad SMARTS) is 1. The van der Waals surface area contributed by atoms with E-state index in [9.17, 15) is 27.9 Å². The van der Waals surface area contributed by atoms with Crippen molar-refractivity contribution in [3.63, 3.8) is 0 Å². The van der Waals surface area contributed by atoms with Crippen LogP contribution in [0, 0.1) is 0 Å². The lowest BCUT2D eigenvalue weighted by Gasteiger charge is -2.39. The Morgan fingerprint density at radius 2 is 1.93 bits per heavy atom. The normalized spacial score (nSPS) is 18.6. The number of nitrogens with zero attached hydrogens (tertiary/aromatic N) is 1. The summed E-state index contributed by atoms with van der Waals surface area (Å²) < 4.78 is 49.5. The molecular formula is C20H17ClF3NO5. The van der Waals surface area contributed by atoms with Crippen molar-refractivity contribution in [1.29, 1.82) is 0 Å². The molecule has 30 heavy (non-hydrogen) atoms. The Morgan fingerprint density at radius 3 is 2.47 bits per heavy atom. The highest BCUT2D eigenvalue weighted by Crippen LogP contribution is 2.43. The third-order valence-electron chi connectivity index (χ3n) is 4.74. The van der Waals surface area contributed by atoms with E-state index in [-0.39, 0.29) is 35.2 Å². The van der Waals surface area contributed by atoms with Crippen LogP contribution in [0.25, 0.3) is 0 Å². The van der Waals surface area contributed by atoms with Gasteiger partial charge in [0.05, 0.1) is 16.3 Å². The number of amides is 1. The molecule has 3 rings (SSSR count). The van der Waals surface area contributed by atoms with E-state index in [0.717, 1.165) is 18.2 Å². The van der Waals surface area contributed by atoms with Crippen LogP contribution in [0.1, 0.15) is 25.8 Å². The topological polar surface area (TPSA) is 76.1 Å². The van der Waals surface area contributed by atoms with Crippen molar-refractivity contribution in [2.45, 2.75) is 32.0 Å². The molecule has 6 nitrogen and oxygen atoms in total. The molecule has 0 aliphatic carbocycles. The van der Waals surface area contributed by atoms with Gasteiger partial charge in [0, 0.05) is 19.0 Å². The van der Waals surface area contributed by atoms with Crippen molar-refractivity contribution in [2.75, 3.05) is 11.4 Å². The van der Waals surface area contributed by atoms with E-state index in [0.29, 0.717) is 5.69 Å². The van der Waals surface area contributed by atoms with Gasteiger partial charge in [-0.1, -0.05) is 18.5 Å². The summed E-state index contributed by atoms with van der Waals surface area (Å²) in [5.74, 6) is -1.88. The molecule has 0 radical (unpaired) electrons. The van der Waals surface area contributed by atoms with Gasteiger partial charge in [0.15, 0.2) is 0 Å². The van der Waals surface area contributed by atoms with Crippen LogP contribution in [-0.2, 0) is 15.8 Å². The second-order valence-corrected chi connectivity index (χ2v) is 6.92. The molecular weight excluding hydrogens is 427 g/mol. The van der Waals surface area contributed by atoms with Gasteiger partial charge in [-0.2, -0.15) is 13.2 Å². The maximum atomic E-state index is 12.8. The smallest absolute Gasteiger partial charge is 0.416 e. The summed E-state index contributed by atoms with van der Waals surface area (Å²) in [7, 11) is 0. The fraction of sp³-hybridized carbons (Fsp3) is 0.300. The number of carbonyl (C=O) groups is 2. The molecule has 0 spiro atoms. The number of hydrogen-bond donors (Lipinski definition) is 1. The van der Waals surface area contributed by atoms with Crippen LogP contribution >= 0.6 is 11.6 Å². The van der Waals surface area contributed by atoms with Gasteiger partial charge >= 0.3 is 12.1 Å². The number of anilines is 1. The van der Waals surface area contributed by atoms with Crippen molar-refractivity contribution >= 4 is 29.2 Å². The van der Waals surface area contributed by atoms with Crippen LogP contribution in [0.5, 0.6) is 17.2 Å². The van der Waals surface area contributed by atoms with Gasteiger partial charge in [-0.05, 0) is 37.3 Å². The second kappa shape index (κ2) is 7.71. The molecule has 1 N–H and O–H groups in total. The third kappa shape index (κ3) is 3.65. The van der Waals surface area contributed by atoms with E-state index < -0.39 is 29.2 Å². The zero-order chi connectivity index (χ0) is 22.3. The van der Waals surface area contributed by atoms with E-state index in [2.05, 4.69) is 0 Å². The summed E-state index contributed by atoms with van der Waals surface area (Å²) in [6, 6.07) is 7.01. The maximum Gasteiger partial charge on any atom is 0.416 e. The van der Waals surface area contributed by atoms with E-state index in [1.807, 2.05) is 0 Å². The molecule has 1 atom stereocenters. The number of rotatable bonds is 5. The molecule has 0 saturated heterocycles. The number of halogens is 4. The van der Waals surface area contributed by atoms with Crippen molar-refractivity contribution in [1.82, 2.24) is 0 Å². The first-order valence-corrected chi connectivity index (χ1v) is 9.34. The maximum absolute atomic E-state index is 12.8. The predicted octanol–water partition coefficient (Wildman–Crippen LogP) is 5.13. The standard InChI is InChI=1S/C20H17ClF3NO5/c1-3-19(18(27)28)17(26)25(4-2)14-7-6-12(10-16(14)30-19)29-15-8-5-11(9-13(15)21)20(22,23)24/h5-10H,3-4H2,1-2H3,(H,27,28). The molecule has 160 valence electrons. The minimum atomic E-state index is -4.54. The van der Waals surface area contributed by atoms with Gasteiger partial charge in [0.1, 0.15) is 17.2 Å². The number of carbonyl (C=O) groups excluding carboxylic acids is 1. The Bertz CT molecular complexity index is 1010. The lowest BCUT2D eigenvalue weighted by atomic mass is 9.95. The lowest BCUT2D eigenvalue weighted by molar-refractivity contribution is -0.163. The Labute approximate surface area is 174 Å². The van der Waals surface area contributed by atoms with E-state index in [1.165, 1.54) is 30.0 Å². The molecule has 1 aliphatic rings. The van der Waals surface area contributed by atoms with Crippen LogP contribution in [0.15, 0.2) is 36.4 Å². The Balaban J connectivity index is 1.98. The first-order valence-electron chi connectivity index (χ1n) is 8.96.